The van der Waals surface area contributed by atoms with Crippen molar-refractivity contribution in [2.24, 2.45) is 0 Å². The highest BCUT2D eigenvalue weighted by molar-refractivity contribution is 6.20. The average Bonchev–Trinajstić information content (AvgIpc) is 2.42. The highest BCUT2D eigenvalue weighted by atomic mass is 35.5. The third-order valence-electron chi connectivity index (χ3n) is 3.15. The van der Waals surface area contributed by atoms with Crippen LogP contribution in [0.4, 0.5) is 0 Å². The van der Waals surface area contributed by atoms with E-state index in [0.29, 0.717) is 12.1 Å². The van der Waals surface area contributed by atoms with E-state index in [1.807, 2.05) is 44.2 Å². The number of fused-ring (bicyclic) bond motifs is 1. The Morgan fingerprint density at radius 3 is 2.90 bits per heavy atom. The van der Waals surface area contributed by atoms with Crippen LogP contribution in [-0.4, -0.2) is 22.8 Å². The molecule has 20 heavy (non-hydrogen) atoms. The average molecular weight is 291 g/mol. The third-order valence-corrected chi connectivity index (χ3v) is 3.37. The van der Waals surface area contributed by atoms with Crippen LogP contribution in [0.2, 0.25) is 0 Å². The molecule has 0 aliphatic rings. The first kappa shape index (κ1) is 14.8. The summed E-state index contributed by atoms with van der Waals surface area (Å²) in [6, 6.07) is 9.54. The van der Waals surface area contributed by atoms with Crippen molar-refractivity contribution in [1.82, 2.24) is 10.3 Å². The zero-order valence-electron chi connectivity index (χ0n) is 11.8. The number of para-hydroxylation sites is 1. The molecule has 1 unspecified atom stereocenters. The molecule has 106 valence electrons. The number of rotatable bonds is 5. The second kappa shape index (κ2) is 6.71. The number of nitrogens with zero attached hydrogens (tertiary/aromatic N) is 1. The summed E-state index contributed by atoms with van der Waals surface area (Å²) in [4.78, 5) is 16.7. The van der Waals surface area contributed by atoms with Crippen LogP contribution in [0.25, 0.3) is 10.9 Å². The molecule has 0 spiro atoms. The molecule has 0 bridgehead atoms. The van der Waals surface area contributed by atoms with Crippen molar-refractivity contribution < 1.29 is 4.79 Å². The van der Waals surface area contributed by atoms with E-state index >= 15 is 0 Å². The molecule has 4 heteroatoms. The van der Waals surface area contributed by atoms with Gasteiger partial charge in [0.1, 0.15) is 0 Å². The number of benzene rings is 1. The maximum absolute atomic E-state index is 12.3. The van der Waals surface area contributed by atoms with Gasteiger partial charge in [-0.25, -0.2) is 0 Å². The Balaban J connectivity index is 2.13. The fourth-order valence-electron chi connectivity index (χ4n) is 2.18. The number of hydrogen-bond donors (Lipinski definition) is 1. The van der Waals surface area contributed by atoms with Crippen LogP contribution in [0.5, 0.6) is 0 Å². The van der Waals surface area contributed by atoms with Crippen LogP contribution in [0.1, 0.15) is 35.8 Å². The van der Waals surface area contributed by atoms with Gasteiger partial charge in [-0.1, -0.05) is 18.2 Å². The van der Waals surface area contributed by atoms with E-state index < -0.39 is 0 Å². The van der Waals surface area contributed by atoms with Gasteiger partial charge < -0.3 is 5.32 Å². The first-order valence-electron chi connectivity index (χ1n) is 6.86. The molecule has 0 saturated heterocycles. The summed E-state index contributed by atoms with van der Waals surface area (Å²) >= 11 is 5.89. The first-order chi connectivity index (χ1) is 9.58. The summed E-state index contributed by atoms with van der Waals surface area (Å²) in [6.45, 7) is 4.51. The molecular weight excluding hydrogens is 272 g/mol. The van der Waals surface area contributed by atoms with Crippen molar-refractivity contribution in [3.63, 3.8) is 0 Å². The number of pyridine rings is 1. The van der Waals surface area contributed by atoms with Gasteiger partial charge in [-0.05, 0) is 38.8 Å². The highest BCUT2D eigenvalue weighted by Gasteiger charge is 2.11. The summed E-state index contributed by atoms with van der Waals surface area (Å²) in [5, 5.41) is 3.99. The molecule has 0 radical (unpaired) electrons. The number of aryl methyl sites for hydroxylation is 1. The molecule has 1 aromatic heterocycles. The topological polar surface area (TPSA) is 42.0 Å². The molecule has 0 aliphatic heterocycles. The molecule has 1 amide bonds. The zero-order valence-corrected chi connectivity index (χ0v) is 12.6. The van der Waals surface area contributed by atoms with Crippen molar-refractivity contribution in [1.29, 1.82) is 0 Å². The van der Waals surface area contributed by atoms with Crippen molar-refractivity contribution >= 4 is 28.4 Å². The minimum atomic E-state index is -0.0473. The van der Waals surface area contributed by atoms with Gasteiger partial charge >= 0.3 is 0 Å². The number of alkyl halides is 1. The van der Waals surface area contributed by atoms with Crippen LogP contribution in [0.3, 0.4) is 0 Å². The Hall–Kier alpha value is -1.61. The lowest BCUT2D eigenvalue weighted by Gasteiger charge is -2.09. The second-order valence-electron chi connectivity index (χ2n) is 5.01. The normalized spacial score (nSPS) is 12.3. The lowest BCUT2D eigenvalue weighted by Crippen LogP contribution is -2.25. The lowest BCUT2D eigenvalue weighted by molar-refractivity contribution is 0.0954. The fourth-order valence-corrected chi connectivity index (χ4v) is 2.33. The van der Waals surface area contributed by atoms with E-state index in [-0.39, 0.29) is 11.3 Å². The van der Waals surface area contributed by atoms with E-state index in [9.17, 15) is 4.79 Å². The number of nitrogens with one attached hydrogen (secondary N) is 1. The van der Waals surface area contributed by atoms with Crippen LogP contribution >= 0.6 is 11.6 Å². The largest absolute Gasteiger partial charge is 0.352 e. The number of amides is 1. The maximum Gasteiger partial charge on any atom is 0.252 e. The van der Waals surface area contributed by atoms with Crippen LogP contribution in [-0.2, 0) is 0 Å². The number of hydrogen-bond acceptors (Lipinski definition) is 2. The second-order valence-corrected chi connectivity index (χ2v) is 5.75. The Morgan fingerprint density at radius 1 is 1.40 bits per heavy atom. The van der Waals surface area contributed by atoms with E-state index in [2.05, 4.69) is 10.3 Å². The van der Waals surface area contributed by atoms with Crippen molar-refractivity contribution in [3.05, 3.63) is 41.6 Å². The van der Waals surface area contributed by atoms with Gasteiger partial charge in [0.05, 0.1) is 11.1 Å². The summed E-state index contributed by atoms with van der Waals surface area (Å²) in [5.74, 6) is -0.0473. The summed E-state index contributed by atoms with van der Waals surface area (Å²) in [7, 11) is 0. The molecular formula is C16H19ClN2O. The van der Waals surface area contributed by atoms with Gasteiger partial charge in [0, 0.05) is 23.0 Å². The van der Waals surface area contributed by atoms with E-state index in [0.717, 1.165) is 29.4 Å². The van der Waals surface area contributed by atoms with E-state index in [4.69, 9.17) is 11.6 Å². The number of carbonyl (C=O) groups is 1. The molecule has 0 saturated carbocycles. The molecule has 3 nitrogen and oxygen atoms in total. The van der Waals surface area contributed by atoms with Gasteiger partial charge in [-0.3, -0.25) is 9.78 Å². The van der Waals surface area contributed by atoms with E-state index in [1.165, 1.54) is 0 Å². The van der Waals surface area contributed by atoms with Crippen LogP contribution in [0, 0.1) is 6.92 Å². The van der Waals surface area contributed by atoms with E-state index in [1.54, 1.807) is 0 Å². The van der Waals surface area contributed by atoms with Gasteiger partial charge in [0.15, 0.2) is 0 Å². The SMILES string of the molecule is Cc1cc(C(=O)NCCCC(C)Cl)c2ccccc2n1. The van der Waals surface area contributed by atoms with Gasteiger partial charge in [0.25, 0.3) is 5.91 Å². The van der Waals surface area contributed by atoms with Crippen molar-refractivity contribution in [2.75, 3.05) is 6.54 Å². The molecule has 1 heterocycles. The molecule has 2 rings (SSSR count). The minimum Gasteiger partial charge on any atom is -0.352 e. The molecule has 0 aliphatic carbocycles. The highest BCUT2D eigenvalue weighted by Crippen LogP contribution is 2.18. The smallest absolute Gasteiger partial charge is 0.252 e. The van der Waals surface area contributed by atoms with Gasteiger partial charge in [0.2, 0.25) is 0 Å². The predicted octanol–water partition coefficient (Wildman–Crippen LogP) is 3.68. The Kier molecular flexibility index (Phi) is 4.96. The molecule has 1 N–H and O–H groups in total. The molecule has 0 fully saturated rings. The van der Waals surface area contributed by atoms with Gasteiger partial charge in [-0.2, -0.15) is 0 Å². The summed E-state index contributed by atoms with van der Waals surface area (Å²) in [6.07, 6.45) is 1.79. The number of halogens is 1. The Morgan fingerprint density at radius 2 is 2.15 bits per heavy atom. The molecule has 1 atom stereocenters. The van der Waals surface area contributed by atoms with Crippen molar-refractivity contribution in [3.8, 4) is 0 Å². The quantitative estimate of drug-likeness (QED) is 0.674. The third kappa shape index (κ3) is 3.70. The first-order valence-corrected chi connectivity index (χ1v) is 7.30. The standard InChI is InChI=1S/C16H19ClN2O/c1-11(17)6-5-9-18-16(20)14-10-12(2)19-15-8-4-3-7-13(14)15/h3-4,7-8,10-11H,5-6,9H2,1-2H3,(H,18,20). The Labute approximate surface area is 124 Å². The monoisotopic (exact) mass is 290 g/mol. The summed E-state index contributed by atoms with van der Waals surface area (Å²) in [5.41, 5.74) is 2.39. The lowest BCUT2D eigenvalue weighted by atomic mass is 10.1. The predicted molar refractivity (Wildman–Crippen MR) is 83.4 cm³/mol. The van der Waals surface area contributed by atoms with Crippen molar-refractivity contribution in [2.45, 2.75) is 32.1 Å². The molecule has 1 aromatic carbocycles. The number of aromatic nitrogens is 1. The minimum absolute atomic E-state index is 0.0473. The summed E-state index contributed by atoms with van der Waals surface area (Å²) < 4.78 is 0. The fraction of sp³-hybridized carbons (Fsp3) is 0.375. The molecule has 2 aromatic rings. The van der Waals surface area contributed by atoms with Crippen LogP contribution < -0.4 is 5.32 Å². The zero-order chi connectivity index (χ0) is 14.5. The number of carbonyl (C=O) groups excluding carboxylic acids is 1. The van der Waals surface area contributed by atoms with Crippen LogP contribution in [0.15, 0.2) is 30.3 Å². The Bertz CT molecular complexity index is 610. The maximum atomic E-state index is 12.3. The van der Waals surface area contributed by atoms with Gasteiger partial charge in [-0.15, -0.1) is 11.6 Å².